The highest BCUT2D eigenvalue weighted by Gasteiger charge is 2.18. The average molecular weight is 388 g/mol. The van der Waals surface area contributed by atoms with Gasteiger partial charge in [-0.3, -0.25) is 14.6 Å². The van der Waals surface area contributed by atoms with Gasteiger partial charge in [0.05, 0.1) is 5.69 Å². The molecular weight excluding hydrogens is 364 g/mol. The van der Waals surface area contributed by atoms with E-state index >= 15 is 0 Å². The zero-order valence-electron chi connectivity index (χ0n) is 16.3. The van der Waals surface area contributed by atoms with Crippen molar-refractivity contribution >= 4 is 5.91 Å². The van der Waals surface area contributed by atoms with Crippen molar-refractivity contribution in [2.75, 3.05) is 6.54 Å². The van der Waals surface area contributed by atoms with Crippen LogP contribution >= 0.6 is 0 Å². The van der Waals surface area contributed by atoms with E-state index in [0.29, 0.717) is 18.5 Å². The average Bonchev–Trinajstić information content (AvgIpc) is 2.77. The molecule has 0 radical (unpaired) electrons. The minimum Gasteiger partial charge on any atom is -0.352 e. The fourth-order valence-corrected chi connectivity index (χ4v) is 3.86. The van der Waals surface area contributed by atoms with Crippen molar-refractivity contribution in [2.45, 2.75) is 38.5 Å². The Bertz CT molecular complexity index is 1060. The summed E-state index contributed by atoms with van der Waals surface area (Å²) in [4.78, 5) is 28.6. The molecule has 0 bridgehead atoms. The van der Waals surface area contributed by atoms with Gasteiger partial charge in [-0.05, 0) is 73.1 Å². The topological polar surface area (TPSA) is 87.7 Å². The quantitative estimate of drug-likeness (QED) is 0.679. The van der Waals surface area contributed by atoms with Crippen LogP contribution in [0.4, 0.5) is 0 Å². The number of amides is 1. The number of nitrogens with zero attached hydrogens (tertiary/aromatic N) is 2. The molecule has 4 rings (SSSR count). The molecule has 0 unspecified atom stereocenters. The second kappa shape index (κ2) is 8.82. The molecule has 0 fully saturated rings. The Labute approximate surface area is 169 Å². The number of rotatable bonds is 6. The smallest absolute Gasteiger partial charge is 0.267 e. The van der Waals surface area contributed by atoms with E-state index in [1.54, 1.807) is 12.4 Å². The van der Waals surface area contributed by atoms with Crippen LogP contribution in [0.3, 0.4) is 0 Å². The van der Waals surface area contributed by atoms with E-state index < -0.39 is 0 Å². The van der Waals surface area contributed by atoms with Crippen molar-refractivity contribution in [3.8, 4) is 0 Å². The molecule has 0 saturated heterocycles. The first kappa shape index (κ1) is 19.1. The first-order valence-electron chi connectivity index (χ1n) is 10.1. The van der Waals surface area contributed by atoms with Crippen molar-refractivity contribution in [1.82, 2.24) is 20.5 Å². The molecule has 1 amide bonds. The van der Waals surface area contributed by atoms with Crippen molar-refractivity contribution < 1.29 is 4.79 Å². The number of carbonyl (C=O) groups is 1. The van der Waals surface area contributed by atoms with Crippen molar-refractivity contribution in [3.63, 3.8) is 0 Å². The largest absolute Gasteiger partial charge is 0.352 e. The Hall–Kier alpha value is -3.28. The van der Waals surface area contributed by atoms with E-state index in [9.17, 15) is 9.59 Å². The molecule has 0 aliphatic heterocycles. The van der Waals surface area contributed by atoms with Gasteiger partial charge >= 0.3 is 0 Å². The zero-order chi connectivity index (χ0) is 20.1. The van der Waals surface area contributed by atoms with Gasteiger partial charge in [-0.2, -0.15) is 5.10 Å². The van der Waals surface area contributed by atoms with E-state index in [1.165, 1.54) is 0 Å². The molecule has 2 aromatic heterocycles. The number of pyridine rings is 1. The number of aromatic amines is 1. The van der Waals surface area contributed by atoms with Crippen molar-refractivity contribution in [3.05, 3.63) is 92.7 Å². The predicted molar refractivity (Wildman–Crippen MR) is 111 cm³/mol. The fourth-order valence-electron chi connectivity index (χ4n) is 3.86. The van der Waals surface area contributed by atoms with Gasteiger partial charge in [-0.15, -0.1) is 0 Å². The maximum Gasteiger partial charge on any atom is 0.267 e. The summed E-state index contributed by atoms with van der Waals surface area (Å²) in [6, 6.07) is 11.5. The standard InChI is InChI=1S/C23H24N4O2/c28-22(25-13-10-16-8-11-24-12-9-16)18-5-3-4-17(14-18)15-21-19-6-1-2-7-20(19)23(29)27-26-21/h3-5,8-9,11-12,14H,1-2,6-7,10,13,15H2,(H,25,28)(H,27,29). The van der Waals surface area contributed by atoms with Crippen LogP contribution in [-0.4, -0.2) is 27.6 Å². The number of carbonyl (C=O) groups excluding carboxylic acids is 1. The molecule has 2 N–H and O–H groups in total. The lowest BCUT2D eigenvalue weighted by molar-refractivity contribution is 0.0954. The van der Waals surface area contributed by atoms with Crippen LogP contribution in [0.15, 0.2) is 53.6 Å². The van der Waals surface area contributed by atoms with Gasteiger partial charge in [0, 0.05) is 36.5 Å². The molecule has 1 aliphatic carbocycles. The van der Waals surface area contributed by atoms with Gasteiger partial charge in [0.2, 0.25) is 0 Å². The number of fused-ring (bicyclic) bond motifs is 1. The van der Waals surface area contributed by atoms with E-state index in [0.717, 1.165) is 60.1 Å². The SMILES string of the molecule is O=C(NCCc1ccncc1)c1cccc(Cc2n[nH]c(=O)c3c2CCCC3)c1. The third kappa shape index (κ3) is 4.59. The van der Waals surface area contributed by atoms with Gasteiger partial charge in [-0.25, -0.2) is 5.10 Å². The van der Waals surface area contributed by atoms with E-state index in [1.807, 2.05) is 36.4 Å². The van der Waals surface area contributed by atoms with Crippen LogP contribution in [0.1, 0.15) is 51.1 Å². The van der Waals surface area contributed by atoms with Gasteiger partial charge in [0.25, 0.3) is 11.5 Å². The molecule has 29 heavy (non-hydrogen) atoms. The minimum absolute atomic E-state index is 0.0641. The highest BCUT2D eigenvalue weighted by molar-refractivity contribution is 5.94. The van der Waals surface area contributed by atoms with Gasteiger partial charge < -0.3 is 5.32 Å². The Morgan fingerprint density at radius 2 is 1.83 bits per heavy atom. The normalized spacial score (nSPS) is 13.0. The van der Waals surface area contributed by atoms with Crippen LogP contribution in [0.25, 0.3) is 0 Å². The molecule has 0 spiro atoms. The molecule has 2 heterocycles. The second-order valence-electron chi connectivity index (χ2n) is 7.40. The predicted octanol–water partition coefficient (Wildman–Crippen LogP) is 2.61. The second-order valence-corrected chi connectivity index (χ2v) is 7.40. The molecule has 0 atom stereocenters. The first-order chi connectivity index (χ1) is 14.2. The Kier molecular flexibility index (Phi) is 5.79. The third-order valence-corrected chi connectivity index (χ3v) is 5.39. The van der Waals surface area contributed by atoms with Crippen LogP contribution in [0.2, 0.25) is 0 Å². The lowest BCUT2D eigenvalue weighted by Gasteiger charge is -2.17. The Morgan fingerprint density at radius 3 is 2.66 bits per heavy atom. The van der Waals surface area contributed by atoms with Crippen molar-refractivity contribution in [1.29, 1.82) is 0 Å². The summed E-state index contributed by atoms with van der Waals surface area (Å²) >= 11 is 0. The number of nitrogens with one attached hydrogen (secondary N) is 2. The van der Waals surface area contributed by atoms with Crippen LogP contribution in [0.5, 0.6) is 0 Å². The first-order valence-corrected chi connectivity index (χ1v) is 10.1. The molecule has 6 heteroatoms. The van der Waals surface area contributed by atoms with Crippen molar-refractivity contribution in [2.24, 2.45) is 0 Å². The Balaban J connectivity index is 1.44. The molecule has 6 nitrogen and oxygen atoms in total. The summed E-state index contributed by atoms with van der Waals surface area (Å²) in [5, 5.41) is 9.91. The monoisotopic (exact) mass is 388 g/mol. The number of aromatic nitrogens is 3. The van der Waals surface area contributed by atoms with E-state index in [2.05, 4.69) is 20.5 Å². The zero-order valence-corrected chi connectivity index (χ0v) is 16.3. The number of H-pyrrole nitrogens is 1. The third-order valence-electron chi connectivity index (χ3n) is 5.39. The van der Waals surface area contributed by atoms with Crippen LogP contribution in [0, 0.1) is 0 Å². The molecule has 1 aliphatic rings. The summed E-state index contributed by atoms with van der Waals surface area (Å²) in [7, 11) is 0. The summed E-state index contributed by atoms with van der Waals surface area (Å²) in [5.74, 6) is -0.0858. The minimum atomic E-state index is -0.0858. The molecule has 1 aromatic carbocycles. The molecule has 148 valence electrons. The van der Waals surface area contributed by atoms with Gasteiger partial charge in [0.1, 0.15) is 0 Å². The number of hydrogen-bond donors (Lipinski definition) is 2. The molecule has 3 aromatic rings. The fraction of sp³-hybridized carbons (Fsp3) is 0.304. The summed E-state index contributed by atoms with van der Waals surface area (Å²) < 4.78 is 0. The number of hydrogen-bond acceptors (Lipinski definition) is 4. The highest BCUT2D eigenvalue weighted by atomic mass is 16.1. The highest BCUT2D eigenvalue weighted by Crippen LogP contribution is 2.22. The van der Waals surface area contributed by atoms with Gasteiger partial charge in [0.15, 0.2) is 0 Å². The lowest BCUT2D eigenvalue weighted by Crippen LogP contribution is -2.26. The van der Waals surface area contributed by atoms with Crippen LogP contribution < -0.4 is 10.9 Å². The van der Waals surface area contributed by atoms with E-state index in [-0.39, 0.29) is 11.5 Å². The summed E-state index contributed by atoms with van der Waals surface area (Å²) in [6.45, 7) is 0.571. The Morgan fingerprint density at radius 1 is 1.03 bits per heavy atom. The maximum absolute atomic E-state index is 12.5. The number of benzene rings is 1. The van der Waals surface area contributed by atoms with E-state index in [4.69, 9.17) is 0 Å². The summed E-state index contributed by atoms with van der Waals surface area (Å²) in [6.07, 6.45) is 8.74. The molecular formula is C23H24N4O2. The maximum atomic E-state index is 12.5. The lowest BCUT2D eigenvalue weighted by atomic mass is 9.90. The molecule has 0 saturated carbocycles. The van der Waals surface area contributed by atoms with Gasteiger partial charge in [-0.1, -0.05) is 12.1 Å². The summed E-state index contributed by atoms with van der Waals surface area (Å²) in [5.41, 5.74) is 5.61. The van der Waals surface area contributed by atoms with Crippen LogP contribution in [-0.2, 0) is 25.7 Å².